The van der Waals surface area contributed by atoms with Gasteiger partial charge in [-0.3, -0.25) is 4.79 Å². The second kappa shape index (κ2) is 6.65. The van der Waals surface area contributed by atoms with Gasteiger partial charge in [-0.15, -0.1) is 0 Å². The van der Waals surface area contributed by atoms with Crippen LogP contribution in [0.3, 0.4) is 0 Å². The fourth-order valence-electron chi connectivity index (χ4n) is 2.61. The molecule has 0 aromatic rings. The summed E-state index contributed by atoms with van der Waals surface area (Å²) in [5.41, 5.74) is 0. The van der Waals surface area contributed by atoms with E-state index in [1.54, 1.807) is 11.8 Å². The van der Waals surface area contributed by atoms with Crippen molar-refractivity contribution in [1.29, 1.82) is 0 Å². The molecule has 2 rings (SSSR count). The molecule has 0 aromatic carbocycles. The van der Waals surface area contributed by atoms with Crippen LogP contribution in [0.2, 0.25) is 0 Å². The Bertz CT molecular complexity index is 218. The lowest BCUT2D eigenvalue weighted by Gasteiger charge is -2.20. The van der Waals surface area contributed by atoms with Crippen LogP contribution in [0.15, 0.2) is 0 Å². The third kappa shape index (κ3) is 3.77. The van der Waals surface area contributed by atoms with Gasteiger partial charge in [0.2, 0.25) is 0 Å². The van der Waals surface area contributed by atoms with E-state index in [1.807, 2.05) is 0 Å². The maximum atomic E-state index is 11.9. The molecule has 3 heteroatoms. The Hall–Kier alpha value is -0.0200. The van der Waals surface area contributed by atoms with Crippen LogP contribution in [-0.4, -0.2) is 30.0 Å². The smallest absolute Gasteiger partial charge is 0.145 e. The quantitative estimate of drug-likeness (QED) is 0.741. The fourth-order valence-corrected chi connectivity index (χ4v) is 3.69. The Balaban J connectivity index is 1.59. The maximum Gasteiger partial charge on any atom is 0.145 e. The summed E-state index contributed by atoms with van der Waals surface area (Å²) in [6, 6.07) is 0. The monoisotopic (exact) mass is 242 g/mol. The molecule has 1 aliphatic carbocycles. The molecule has 1 saturated carbocycles. The topological polar surface area (TPSA) is 26.3 Å². The molecule has 0 radical (unpaired) electrons. The van der Waals surface area contributed by atoms with E-state index < -0.39 is 0 Å². The predicted molar refractivity (Wildman–Crippen MR) is 67.9 cm³/mol. The van der Waals surface area contributed by atoms with Crippen molar-refractivity contribution in [3.63, 3.8) is 0 Å². The maximum absolute atomic E-state index is 11.9. The second-order valence-corrected chi connectivity index (χ2v) is 5.98. The minimum atomic E-state index is 0.380. The Morgan fingerprint density at radius 3 is 2.62 bits per heavy atom. The third-order valence-corrected chi connectivity index (χ3v) is 4.73. The zero-order valence-corrected chi connectivity index (χ0v) is 10.8. The number of hydrogen-bond donors (Lipinski definition) is 0. The summed E-state index contributed by atoms with van der Waals surface area (Å²) in [5, 5.41) is 0. The standard InChI is InChI=1S/C13H22O2S/c14-13(11-5-2-1-3-6-11)10-16-9-12-7-4-8-15-12/h11-12H,1-10H2. The Kier molecular flexibility index (Phi) is 5.17. The average Bonchev–Trinajstić information content (AvgIpc) is 2.83. The first kappa shape index (κ1) is 12.4. The lowest BCUT2D eigenvalue weighted by molar-refractivity contribution is -0.121. The molecule has 2 aliphatic rings. The van der Waals surface area contributed by atoms with Crippen molar-refractivity contribution in [2.24, 2.45) is 5.92 Å². The van der Waals surface area contributed by atoms with E-state index in [0.29, 0.717) is 23.6 Å². The number of carbonyl (C=O) groups is 1. The summed E-state index contributed by atoms with van der Waals surface area (Å²) < 4.78 is 5.55. The van der Waals surface area contributed by atoms with Crippen molar-refractivity contribution < 1.29 is 9.53 Å². The van der Waals surface area contributed by atoms with Gasteiger partial charge in [-0.2, -0.15) is 11.8 Å². The predicted octanol–water partition coefficient (Wildman–Crippen LogP) is 3.05. The molecule has 1 unspecified atom stereocenters. The zero-order valence-electron chi connectivity index (χ0n) is 9.95. The van der Waals surface area contributed by atoms with Gasteiger partial charge >= 0.3 is 0 Å². The van der Waals surface area contributed by atoms with E-state index in [2.05, 4.69) is 0 Å². The molecule has 2 fully saturated rings. The number of thioether (sulfide) groups is 1. The van der Waals surface area contributed by atoms with Gasteiger partial charge in [-0.05, 0) is 25.7 Å². The average molecular weight is 242 g/mol. The molecule has 2 nitrogen and oxygen atoms in total. The number of Topliss-reactive ketones (excluding diaryl/α,β-unsaturated/α-hetero) is 1. The third-order valence-electron chi connectivity index (χ3n) is 3.63. The van der Waals surface area contributed by atoms with Gasteiger partial charge in [-0.1, -0.05) is 19.3 Å². The van der Waals surface area contributed by atoms with Gasteiger partial charge in [0, 0.05) is 18.3 Å². The molecule has 0 bridgehead atoms. The number of ether oxygens (including phenoxy) is 1. The van der Waals surface area contributed by atoms with Crippen molar-refractivity contribution in [3.05, 3.63) is 0 Å². The summed E-state index contributed by atoms with van der Waals surface area (Å²) in [5.74, 6) is 2.59. The minimum Gasteiger partial charge on any atom is -0.377 e. The molecule has 0 N–H and O–H groups in total. The van der Waals surface area contributed by atoms with Gasteiger partial charge < -0.3 is 4.74 Å². The molecular formula is C13H22O2S. The fraction of sp³-hybridized carbons (Fsp3) is 0.923. The van der Waals surface area contributed by atoms with Crippen molar-refractivity contribution >= 4 is 17.5 Å². The highest BCUT2D eigenvalue weighted by Crippen LogP contribution is 2.26. The van der Waals surface area contributed by atoms with Gasteiger partial charge in [0.05, 0.1) is 11.9 Å². The lowest BCUT2D eigenvalue weighted by Crippen LogP contribution is -2.20. The highest BCUT2D eigenvalue weighted by Gasteiger charge is 2.21. The highest BCUT2D eigenvalue weighted by molar-refractivity contribution is 8.00. The highest BCUT2D eigenvalue weighted by atomic mass is 32.2. The van der Waals surface area contributed by atoms with Crippen LogP contribution in [0.1, 0.15) is 44.9 Å². The summed E-state index contributed by atoms with van der Waals surface area (Å²) >= 11 is 1.78. The summed E-state index contributed by atoms with van der Waals surface area (Å²) in [6.07, 6.45) is 8.92. The van der Waals surface area contributed by atoms with Crippen LogP contribution in [-0.2, 0) is 9.53 Å². The van der Waals surface area contributed by atoms with Crippen LogP contribution >= 0.6 is 11.8 Å². The van der Waals surface area contributed by atoms with Crippen LogP contribution in [0, 0.1) is 5.92 Å². The van der Waals surface area contributed by atoms with Gasteiger partial charge in [0.1, 0.15) is 5.78 Å². The van der Waals surface area contributed by atoms with Crippen molar-refractivity contribution in [3.8, 4) is 0 Å². The summed E-state index contributed by atoms with van der Waals surface area (Å²) in [4.78, 5) is 11.9. The summed E-state index contributed by atoms with van der Waals surface area (Å²) in [7, 11) is 0. The second-order valence-electron chi connectivity index (χ2n) is 4.95. The first-order valence-corrected chi connectivity index (χ1v) is 7.74. The largest absolute Gasteiger partial charge is 0.377 e. The Labute approximate surface area is 103 Å². The molecule has 1 heterocycles. The number of hydrogen-bond acceptors (Lipinski definition) is 3. The van der Waals surface area contributed by atoms with E-state index in [-0.39, 0.29) is 0 Å². The normalized spacial score (nSPS) is 27.1. The molecule has 0 amide bonds. The van der Waals surface area contributed by atoms with Crippen molar-refractivity contribution in [2.45, 2.75) is 51.0 Å². The number of carbonyl (C=O) groups excluding carboxylic acids is 1. The number of ketones is 1. The SMILES string of the molecule is O=C(CSCC1CCCO1)C1CCCCC1. The molecule has 92 valence electrons. The van der Waals surface area contributed by atoms with Crippen molar-refractivity contribution in [1.82, 2.24) is 0 Å². The molecule has 1 atom stereocenters. The number of rotatable bonds is 5. The van der Waals surface area contributed by atoms with E-state index >= 15 is 0 Å². The molecule has 0 aromatic heterocycles. The first-order valence-electron chi connectivity index (χ1n) is 6.58. The Morgan fingerprint density at radius 1 is 1.12 bits per heavy atom. The lowest BCUT2D eigenvalue weighted by atomic mass is 9.87. The van der Waals surface area contributed by atoms with Gasteiger partial charge in [0.15, 0.2) is 0 Å². The van der Waals surface area contributed by atoms with Crippen LogP contribution in [0.5, 0.6) is 0 Å². The molecule has 1 aliphatic heterocycles. The van der Waals surface area contributed by atoms with Gasteiger partial charge in [0.25, 0.3) is 0 Å². The zero-order chi connectivity index (χ0) is 11.2. The van der Waals surface area contributed by atoms with E-state index in [9.17, 15) is 4.79 Å². The van der Waals surface area contributed by atoms with E-state index in [1.165, 1.54) is 32.1 Å². The molecule has 1 saturated heterocycles. The van der Waals surface area contributed by atoms with E-state index in [0.717, 1.165) is 25.2 Å². The van der Waals surface area contributed by atoms with E-state index in [4.69, 9.17) is 4.74 Å². The summed E-state index contributed by atoms with van der Waals surface area (Å²) in [6.45, 7) is 0.918. The van der Waals surface area contributed by atoms with Crippen LogP contribution in [0.25, 0.3) is 0 Å². The van der Waals surface area contributed by atoms with Gasteiger partial charge in [-0.25, -0.2) is 0 Å². The molecular weight excluding hydrogens is 220 g/mol. The van der Waals surface area contributed by atoms with Crippen molar-refractivity contribution in [2.75, 3.05) is 18.1 Å². The minimum absolute atomic E-state index is 0.380. The van der Waals surface area contributed by atoms with Crippen LogP contribution < -0.4 is 0 Å². The Morgan fingerprint density at radius 2 is 1.94 bits per heavy atom. The first-order chi connectivity index (χ1) is 7.86. The van der Waals surface area contributed by atoms with Crippen LogP contribution in [0.4, 0.5) is 0 Å². The molecule has 16 heavy (non-hydrogen) atoms. The molecule has 0 spiro atoms.